The zero-order chi connectivity index (χ0) is 27.9. The fourth-order valence-corrected chi connectivity index (χ4v) is 6.17. The molecule has 3 aliphatic heterocycles. The summed E-state index contributed by atoms with van der Waals surface area (Å²) in [4.78, 5) is 5.84. The van der Waals surface area contributed by atoms with Gasteiger partial charge in [0.2, 0.25) is 10.0 Å². The van der Waals surface area contributed by atoms with Crippen LogP contribution in [0.2, 0.25) is 0 Å². The number of aryl methyl sites for hydroxylation is 1. The third-order valence-corrected chi connectivity index (χ3v) is 8.26. The van der Waals surface area contributed by atoms with Crippen molar-refractivity contribution in [3.05, 3.63) is 59.0 Å². The number of aromatic nitrogens is 1. The SMILES string of the molecule is [2H]C1([2H])Oc2ccc(S(=O)(=O)N3CC4=C(CN(C(O)C(O)c5cccc6oc(C)nc56)C4)C3)cc2OC1([2H])[2H]. The lowest BCUT2D eigenvalue weighted by Crippen LogP contribution is -2.41. The molecule has 2 N–H and O–H groups in total. The minimum atomic E-state index is -4.01. The molecular formula is C24H25N3O7S. The lowest BCUT2D eigenvalue weighted by Gasteiger charge is -2.29. The standard InChI is InChI=1S/C24H25N3O7S/c1-14-25-22-18(3-2-4-20(22)34-14)23(28)24(29)26-10-15-12-27(13-16(15)11-26)35(30,31)17-5-6-19-21(9-17)33-8-7-32-19/h2-6,9,23-24,28-29H,7-8,10-13H2,1H3/i7D2,8D2. The fourth-order valence-electron chi connectivity index (χ4n) is 4.73. The van der Waals surface area contributed by atoms with E-state index < -0.39 is 35.5 Å². The van der Waals surface area contributed by atoms with E-state index in [1.165, 1.54) is 16.4 Å². The van der Waals surface area contributed by atoms with Gasteiger partial charge in [-0.1, -0.05) is 12.1 Å². The molecule has 184 valence electrons. The second kappa shape index (κ2) is 8.32. The topological polar surface area (TPSA) is 126 Å². The number of oxazole rings is 1. The molecule has 0 amide bonds. The Morgan fingerprint density at radius 1 is 1.03 bits per heavy atom. The number of aliphatic hydroxyl groups is 2. The van der Waals surface area contributed by atoms with E-state index in [2.05, 4.69) is 4.98 Å². The summed E-state index contributed by atoms with van der Waals surface area (Å²) in [6.45, 7) is -3.15. The highest BCUT2D eigenvalue weighted by molar-refractivity contribution is 7.89. The molecule has 2 aromatic carbocycles. The van der Waals surface area contributed by atoms with Crippen LogP contribution in [-0.4, -0.2) is 78.3 Å². The smallest absolute Gasteiger partial charge is 0.243 e. The molecule has 11 heteroatoms. The number of rotatable bonds is 5. The van der Waals surface area contributed by atoms with Gasteiger partial charge in [-0.05, 0) is 29.3 Å². The van der Waals surface area contributed by atoms with Crippen molar-refractivity contribution in [1.82, 2.24) is 14.2 Å². The molecule has 6 rings (SSSR count). The second-order valence-corrected chi connectivity index (χ2v) is 10.6. The largest absolute Gasteiger partial charge is 0.486 e. The van der Waals surface area contributed by atoms with Crippen molar-refractivity contribution >= 4 is 21.1 Å². The molecule has 4 heterocycles. The predicted octanol–water partition coefficient (Wildman–Crippen LogP) is 1.58. The Morgan fingerprint density at radius 2 is 1.74 bits per heavy atom. The van der Waals surface area contributed by atoms with Crippen LogP contribution in [0.25, 0.3) is 11.1 Å². The number of aliphatic hydroxyl groups excluding tert-OH is 2. The van der Waals surface area contributed by atoms with Crippen molar-refractivity contribution in [3.63, 3.8) is 0 Å². The third-order valence-electron chi connectivity index (χ3n) is 6.47. The van der Waals surface area contributed by atoms with Crippen molar-refractivity contribution in [3.8, 4) is 11.5 Å². The van der Waals surface area contributed by atoms with Gasteiger partial charge in [0.1, 0.15) is 31.0 Å². The monoisotopic (exact) mass is 503 g/mol. The Bertz CT molecular complexity index is 1610. The van der Waals surface area contributed by atoms with Crippen molar-refractivity contribution in [1.29, 1.82) is 0 Å². The van der Waals surface area contributed by atoms with E-state index >= 15 is 0 Å². The van der Waals surface area contributed by atoms with Gasteiger partial charge in [0.15, 0.2) is 23.0 Å². The molecule has 0 saturated carbocycles. The molecule has 2 atom stereocenters. The summed E-state index contributed by atoms with van der Waals surface area (Å²) in [6, 6.07) is 8.75. The zero-order valence-electron chi connectivity index (χ0n) is 22.6. The van der Waals surface area contributed by atoms with Gasteiger partial charge in [0.05, 0.1) is 10.4 Å². The van der Waals surface area contributed by atoms with Crippen LogP contribution in [0.3, 0.4) is 0 Å². The van der Waals surface area contributed by atoms with Crippen LogP contribution >= 0.6 is 0 Å². The summed E-state index contributed by atoms with van der Waals surface area (Å²) >= 11 is 0. The minimum absolute atomic E-state index is 0.0901. The Hall–Kier alpha value is -2.96. The lowest BCUT2D eigenvalue weighted by atomic mass is 10.1. The van der Waals surface area contributed by atoms with E-state index in [1.807, 2.05) is 0 Å². The molecule has 10 nitrogen and oxygen atoms in total. The van der Waals surface area contributed by atoms with Gasteiger partial charge < -0.3 is 24.1 Å². The van der Waals surface area contributed by atoms with Gasteiger partial charge >= 0.3 is 0 Å². The molecule has 0 aliphatic carbocycles. The highest BCUT2D eigenvalue weighted by Gasteiger charge is 2.40. The summed E-state index contributed by atoms with van der Waals surface area (Å²) in [5.41, 5.74) is 3.06. The van der Waals surface area contributed by atoms with E-state index in [4.69, 9.17) is 19.4 Å². The number of fused-ring (bicyclic) bond motifs is 2. The van der Waals surface area contributed by atoms with Crippen LogP contribution in [0.1, 0.15) is 23.0 Å². The van der Waals surface area contributed by atoms with E-state index in [9.17, 15) is 18.6 Å². The number of nitrogens with zero attached hydrogens (tertiary/aromatic N) is 3. The molecule has 0 bridgehead atoms. The van der Waals surface area contributed by atoms with Gasteiger partial charge in [0.25, 0.3) is 0 Å². The summed E-state index contributed by atoms with van der Waals surface area (Å²) in [5.74, 6) is 0.132. The van der Waals surface area contributed by atoms with E-state index in [-0.39, 0.29) is 42.6 Å². The van der Waals surface area contributed by atoms with E-state index in [1.54, 1.807) is 30.0 Å². The molecule has 3 aromatic rings. The molecule has 0 saturated heterocycles. The third kappa shape index (κ3) is 3.80. The summed E-state index contributed by atoms with van der Waals surface area (Å²) in [5, 5.41) is 21.9. The number of ether oxygens (including phenoxy) is 2. The summed E-state index contributed by atoms with van der Waals surface area (Å²) in [6.07, 6.45) is -2.51. The van der Waals surface area contributed by atoms with Crippen molar-refractivity contribution in [2.24, 2.45) is 0 Å². The maximum atomic E-state index is 13.4. The number of para-hydroxylation sites is 1. The average Bonchev–Trinajstić information content (AvgIpc) is 3.55. The first kappa shape index (κ1) is 18.3. The second-order valence-electron chi connectivity index (χ2n) is 8.69. The average molecular weight is 504 g/mol. The zero-order valence-corrected chi connectivity index (χ0v) is 19.4. The molecule has 0 radical (unpaired) electrons. The lowest BCUT2D eigenvalue weighted by molar-refractivity contribution is -0.0744. The predicted molar refractivity (Wildman–Crippen MR) is 125 cm³/mol. The highest BCUT2D eigenvalue weighted by atomic mass is 32.2. The van der Waals surface area contributed by atoms with Crippen molar-refractivity contribution in [2.45, 2.75) is 24.2 Å². The highest BCUT2D eigenvalue weighted by Crippen LogP contribution is 2.37. The van der Waals surface area contributed by atoms with Gasteiger partial charge in [-0.2, -0.15) is 4.31 Å². The van der Waals surface area contributed by atoms with E-state index in [0.717, 1.165) is 17.2 Å². The molecular weight excluding hydrogens is 474 g/mol. The molecule has 0 fully saturated rings. The van der Waals surface area contributed by atoms with Gasteiger partial charge in [-0.15, -0.1) is 0 Å². The number of sulfonamides is 1. The van der Waals surface area contributed by atoms with E-state index in [0.29, 0.717) is 22.6 Å². The maximum Gasteiger partial charge on any atom is 0.243 e. The first-order chi connectivity index (χ1) is 18.3. The maximum absolute atomic E-state index is 13.4. The van der Waals surface area contributed by atoms with Gasteiger partial charge in [-0.3, -0.25) is 4.90 Å². The van der Waals surface area contributed by atoms with Gasteiger partial charge in [-0.25, -0.2) is 13.4 Å². The summed E-state index contributed by atoms with van der Waals surface area (Å²) < 4.78 is 74.6. The van der Waals surface area contributed by atoms with Crippen molar-refractivity contribution in [2.75, 3.05) is 39.3 Å². The Labute approximate surface area is 207 Å². The quantitative estimate of drug-likeness (QED) is 0.499. The normalized spacial score (nSPS) is 25.0. The Morgan fingerprint density at radius 3 is 2.49 bits per heavy atom. The fraction of sp³-hybridized carbons (Fsp3) is 0.375. The summed E-state index contributed by atoms with van der Waals surface area (Å²) in [7, 11) is -4.01. The molecule has 0 spiro atoms. The number of hydrogen-bond donors (Lipinski definition) is 2. The van der Waals surface area contributed by atoms with Gasteiger partial charge in [0, 0.05) is 44.7 Å². The van der Waals surface area contributed by atoms with Crippen LogP contribution in [-0.2, 0) is 10.0 Å². The number of benzene rings is 2. The van der Waals surface area contributed by atoms with Crippen molar-refractivity contribution < 1.29 is 38.0 Å². The molecule has 3 aliphatic rings. The van der Waals surface area contributed by atoms with Crippen LogP contribution in [0.5, 0.6) is 11.5 Å². The van der Waals surface area contributed by atoms with Crippen LogP contribution in [0.4, 0.5) is 0 Å². The van der Waals surface area contributed by atoms with Crippen LogP contribution < -0.4 is 9.47 Å². The molecule has 1 aromatic heterocycles. The number of hydrogen-bond acceptors (Lipinski definition) is 9. The first-order valence-electron chi connectivity index (χ1n) is 12.9. The van der Waals surface area contributed by atoms with Crippen LogP contribution in [0.15, 0.2) is 56.9 Å². The Balaban J connectivity index is 1.15. The molecule has 2 unspecified atom stereocenters. The van der Waals surface area contributed by atoms with Crippen LogP contribution in [0, 0.1) is 6.92 Å². The minimum Gasteiger partial charge on any atom is -0.486 e. The first-order valence-corrected chi connectivity index (χ1v) is 12.4. The molecule has 35 heavy (non-hydrogen) atoms. The Kier molecular flexibility index (Phi) is 4.35.